The molecule has 0 radical (unpaired) electrons. The van der Waals surface area contributed by atoms with Gasteiger partial charge in [-0.25, -0.2) is 0 Å². The molecule has 1 aliphatic rings. The molecule has 1 heterocycles. The van der Waals surface area contributed by atoms with Gasteiger partial charge in [0.25, 0.3) is 0 Å². The predicted octanol–water partition coefficient (Wildman–Crippen LogP) is 4.18. The van der Waals surface area contributed by atoms with Crippen LogP contribution in [0.15, 0.2) is 42.5 Å². The van der Waals surface area contributed by atoms with E-state index >= 15 is 0 Å². The molecule has 0 spiro atoms. The van der Waals surface area contributed by atoms with Crippen LogP contribution in [-0.4, -0.2) is 24.4 Å². The third kappa shape index (κ3) is 3.21. The molecule has 0 saturated carbocycles. The van der Waals surface area contributed by atoms with Crippen molar-refractivity contribution in [2.45, 2.75) is 24.2 Å². The lowest BCUT2D eigenvalue weighted by Crippen LogP contribution is -2.22. The van der Waals surface area contributed by atoms with Crippen LogP contribution in [0.2, 0.25) is 0 Å². The lowest BCUT2D eigenvalue weighted by molar-refractivity contribution is 0.307. The summed E-state index contributed by atoms with van der Waals surface area (Å²) >= 11 is 1.88. The van der Waals surface area contributed by atoms with E-state index < -0.39 is 0 Å². The molecule has 4 heteroatoms. The standard InChI is InChI=1S/C19H20N2OS/c1-13(21(2)3)23-19-16-7-5-4-6-15(16)12-22-18-9-8-14(11-20)10-17(18)19/h4-10,13,19H,12H2,1-3H3. The number of thioether (sulfide) groups is 1. The highest BCUT2D eigenvalue weighted by Crippen LogP contribution is 2.46. The molecule has 0 amide bonds. The zero-order valence-corrected chi connectivity index (χ0v) is 14.4. The van der Waals surface area contributed by atoms with Crippen LogP contribution in [-0.2, 0) is 6.61 Å². The average molecular weight is 324 g/mol. The van der Waals surface area contributed by atoms with Crippen molar-refractivity contribution in [3.63, 3.8) is 0 Å². The molecule has 23 heavy (non-hydrogen) atoms. The van der Waals surface area contributed by atoms with Gasteiger partial charge in [0.15, 0.2) is 0 Å². The van der Waals surface area contributed by atoms with E-state index in [1.54, 1.807) is 0 Å². The SMILES string of the molecule is CC(SC1c2ccccc2COc2ccc(C#N)cc21)N(C)C. The molecule has 0 aromatic heterocycles. The van der Waals surface area contributed by atoms with Crippen molar-refractivity contribution in [1.29, 1.82) is 5.26 Å². The van der Waals surface area contributed by atoms with Crippen LogP contribution in [0.5, 0.6) is 5.75 Å². The van der Waals surface area contributed by atoms with Crippen LogP contribution < -0.4 is 4.74 Å². The Labute approximate surface area is 141 Å². The Balaban J connectivity index is 2.12. The first-order valence-corrected chi connectivity index (χ1v) is 8.61. The van der Waals surface area contributed by atoms with Crippen molar-refractivity contribution in [1.82, 2.24) is 4.90 Å². The quantitative estimate of drug-likeness (QED) is 0.794. The molecular formula is C19H20N2OS. The first kappa shape index (κ1) is 15.9. The van der Waals surface area contributed by atoms with Crippen molar-refractivity contribution in [3.05, 3.63) is 64.7 Å². The Hall–Kier alpha value is -1.96. The topological polar surface area (TPSA) is 36.3 Å². The van der Waals surface area contributed by atoms with Crippen LogP contribution in [0.3, 0.4) is 0 Å². The van der Waals surface area contributed by atoms with Gasteiger partial charge in [0.1, 0.15) is 12.4 Å². The monoisotopic (exact) mass is 324 g/mol. The average Bonchev–Trinajstić information content (AvgIpc) is 2.72. The number of nitriles is 1. The fourth-order valence-corrected chi connectivity index (χ4v) is 4.01. The molecule has 2 aromatic rings. The van der Waals surface area contributed by atoms with Gasteiger partial charge in [0, 0.05) is 5.56 Å². The first-order valence-electron chi connectivity index (χ1n) is 7.66. The van der Waals surface area contributed by atoms with Gasteiger partial charge < -0.3 is 4.74 Å². The minimum atomic E-state index is 0.161. The molecule has 1 aliphatic heterocycles. The summed E-state index contributed by atoms with van der Waals surface area (Å²) in [5, 5.41) is 9.77. The van der Waals surface area contributed by atoms with E-state index in [0.717, 1.165) is 11.3 Å². The van der Waals surface area contributed by atoms with E-state index in [-0.39, 0.29) is 5.25 Å². The molecule has 0 bridgehead atoms. The molecule has 2 unspecified atom stereocenters. The van der Waals surface area contributed by atoms with Crippen molar-refractivity contribution in [2.75, 3.05) is 14.1 Å². The number of ether oxygens (including phenoxy) is 1. The molecule has 3 nitrogen and oxygen atoms in total. The summed E-state index contributed by atoms with van der Waals surface area (Å²) in [6, 6.07) is 16.4. The lowest BCUT2D eigenvalue weighted by atomic mass is 9.99. The highest BCUT2D eigenvalue weighted by molar-refractivity contribution is 8.00. The molecule has 118 valence electrons. The van der Waals surface area contributed by atoms with Crippen LogP contribution in [0, 0.1) is 11.3 Å². The van der Waals surface area contributed by atoms with E-state index in [2.05, 4.69) is 56.3 Å². The predicted molar refractivity (Wildman–Crippen MR) is 94.5 cm³/mol. The fourth-order valence-electron chi connectivity index (χ4n) is 2.66. The van der Waals surface area contributed by atoms with Gasteiger partial charge in [-0.1, -0.05) is 24.3 Å². The Morgan fingerprint density at radius 3 is 2.74 bits per heavy atom. The van der Waals surface area contributed by atoms with Crippen LogP contribution in [0.4, 0.5) is 0 Å². The molecule has 0 aliphatic carbocycles. The van der Waals surface area contributed by atoms with E-state index in [0.29, 0.717) is 17.5 Å². The molecule has 2 atom stereocenters. The smallest absolute Gasteiger partial charge is 0.124 e. The van der Waals surface area contributed by atoms with Gasteiger partial charge in [0.05, 0.1) is 22.3 Å². The normalized spacial score (nSPS) is 17.4. The zero-order chi connectivity index (χ0) is 16.4. The highest BCUT2D eigenvalue weighted by Gasteiger charge is 2.27. The summed E-state index contributed by atoms with van der Waals surface area (Å²) in [4.78, 5) is 2.20. The first-order chi connectivity index (χ1) is 11.1. The zero-order valence-electron chi connectivity index (χ0n) is 13.6. The number of hydrogen-bond acceptors (Lipinski definition) is 4. The van der Waals surface area contributed by atoms with E-state index in [9.17, 15) is 5.26 Å². The Morgan fingerprint density at radius 2 is 2.00 bits per heavy atom. The summed E-state index contributed by atoms with van der Waals surface area (Å²) in [6.45, 7) is 2.77. The molecule has 0 saturated heterocycles. The maximum absolute atomic E-state index is 9.26. The third-order valence-corrected chi connectivity index (χ3v) is 5.80. The van der Waals surface area contributed by atoms with Crippen LogP contribution in [0.1, 0.15) is 34.4 Å². The summed E-state index contributed by atoms with van der Waals surface area (Å²) < 4.78 is 6.01. The second-order valence-electron chi connectivity index (χ2n) is 5.93. The maximum Gasteiger partial charge on any atom is 0.124 e. The van der Waals surface area contributed by atoms with Gasteiger partial charge in [-0.05, 0) is 50.3 Å². The van der Waals surface area contributed by atoms with Gasteiger partial charge in [-0.3, -0.25) is 4.90 Å². The number of hydrogen-bond donors (Lipinski definition) is 0. The second kappa shape index (κ2) is 6.66. The van der Waals surface area contributed by atoms with E-state index in [1.165, 1.54) is 11.1 Å². The third-order valence-electron chi connectivity index (χ3n) is 4.20. The number of nitrogens with zero attached hydrogens (tertiary/aromatic N) is 2. The maximum atomic E-state index is 9.26. The fraction of sp³-hybridized carbons (Fsp3) is 0.316. The Morgan fingerprint density at radius 1 is 1.22 bits per heavy atom. The molecule has 0 N–H and O–H groups in total. The van der Waals surface area contributed by atoms with Crippen molar-refractivity contribution in [2.24, 2.45) is 0 Å². The summed E-state index contributed by atoms with van der Waals surface area (Å²) in [5.41, 5.74) is 4.26. The van der Waals surface area contributed by atoms with Crippen LogP contribution >= 0.6 is 11.8 Å². The molecule has 0 fully saturated rings. The van der Waals surface area contributed by atoms with Crippen molar-refractivity contribution in [3.8, 4) is 11.8 Å². The van der Waals surface area contributed by atoms with Crippen LogP contribution in [0.25, 0.3) is 0 Å². The van der Waals surface area contributed by atoms with E-state index in [4.69, 9.17) is 4.74 Å². The summed E-state index contributed by atoms with van der Waals surface area (Å²) in [5.74, 6) is 0.878. The Kier molecular flexibility index (Phi) is 4.61. The largest absolute Gasteiger partial charge is 0.489 e. The van der Waals surface area contributed by atoms with E-state index in [1.807, 2.05) is 30.0 Å². The highest BCUT2D eigenvalue weighted by atomic mass is 32.2. The minimum absolute atomic E-state index is 0.161. The molecule has 3 rings (SSSR count). The number of rotatable bonds is 3. The van der Waals surface area contributed by atoms with Gasteiger partial charge in [0.2, 0.25) is 0 Å². The van der Waals surface area contributed by atoms with Crippen molar-refractivity contribution >= 4 is 11.8 Å². The Bertz CT molecular complexity index is 751. The summed E-state index contributed by atoms with van der Waals surface area (Å²) in [6.07, 6.45) is 0. The van der Waals surface area contributed by atoms with Gasteiger partial charge >= 0.3 is 0 Å². The molecule has 2 aromatic carbocycles. The van der Waals surface area contributed by atoms with Gasteiger partial charge in [-0.15, -0.1) is 11.8 Å². The number of benzene rings is 2. The van der Waals surface area contributed by atoms with Gasteiger partial charge in [-0.2, -0.15) is 5.26 Å². The number of fused-ring (bicyclic) bond motifs is 2. The molecular weight excluding hydrogens is 304 g/mol. The van der Waals surface area contributed by atoms with Crippen molar-refractivity contribution < 1.29 is 4.74 Å². The second-order valence-corrected chi connectivity index (χ2v) is 7.36. The summed E-state index contributed by atoms with van der Waals surface area (Å²) in [7, 11) is 4.17. The lowest BCUT2D eigenvalue weighted by Gasteiger charge is -2.26. The minimum Gasteiger partial charge on any atom is -0.489 e.